The van der Waals surface area contributed by atoms with E-state index in [1.54, 1.807) is 23.1 Å². The number of rotatable bonds is 8. The summed E-state index contributed by atoms with van der Waals surface area (Å²) >= 11 is 0. The van der Waals surface area contributed by atoms with Crippen molar-refractivity contribution in [1.29, 1.82) is 5.26 Å². The standard InChI is InChI=1S/C24H21N5O2/c1-18-21(15-29(28-18)23-6-2-3-13-26-23)17-30-22-9-7-19(8-10-22)16-31-24-20(11-12-25)5-4-14-27-24/h2-10,13-15H,11,16-17H2,1H3. The average molecular weight is 411 g/mol. The molecule has 0 aliphatic rings. The molecule has 154 valence electrons. The minimum atomic E-state index is 0.270. The topological polar surface area (TPSA) is 85.8 Å². The number of benzene rings is 1. The highest BCUT2D eigenvalue weighted by molar-refractivity contribution is 5.31. The molecule has 0 spiro atoms. The highest BCUT2D eigenvalue weighted by Gasteiger charge is 2.08. The van der Waals surface area contributed by atoms with Gasteiger partial charge in [0.05, 0.1) is 18.2 Å². The molecule has 0 N–H and O–H groups in total. The van der Waals surface area contributed by atoms with Crippen LogP contribution in [0.5, 0.6) is 11.6 Å². The van der Waals surface area contributed by atoms with E-state index < -0.39 is 0 Å². The van der Waals surface area contributed by atoms with Gasteiger partial charge >= 0.3 is 0 Å². The molecule has 7 nitrogen and oxygen atoms in total. The summed E-state index contributed by atoms with van der Waals surface area (Å²) in [6.07, 6.45) is 5.61. The maximum Gasteiger partial charge on any atom is 0.217 e. The summed E-state index contributed by atoms with van der Waals surface area (Å²) in [5, 5.41) is 13.4. The molecule has 1 aromatic carbocycles. The largest absolute Gasteiger partial charge is 0.489 e. The Hall–Kier alpha value is -4.18. The number of nitrogens with zero attached hydrogens (tertiary/aromatic N) is 5. The predicted molar refractivity (Wildman–Crippen MR) is 115 cm³/mol. The van der Waals surface area contributed by atoms with Gasteiger partial charge in [-0.05, 0) is 42.8 Å². The minimum absolute atomic E-state index is 0.270. The molecule has 3 aromatic heterocycles. The van der Waals surface area contributed by atoms with Crippen LogP contribution in [0.1, 0.15) is 22.4 Å². The molecule has 3 heterocycles. The van der Waals surface area contributed by atoms with Crippen LogP contribution in [0.4, 0.5) is 0 Å². The van der Waals surface area contributed by atoms with Crippen molar-refractivity contribution in [1.82, 2.24) is 19.7 Å². The highest BCUT2D eigenvalue weighted by atomic mass is 16.5. The van der Waals surface area contributed by atoms with Crippen LogP contribution < -0.4 is 9.47 Å². The van der Waals surface area contributed by atoms with E-state index in [0.29, 0.717) is 19.1 Å². The van der Waals surface area contributed by atoms with Crippen LogP contribution in [0, 0.1) is 18.3 Å². The van der Waals surface area contributed by atoms with Gasteiger partial charge in [-0.1, -0.05) is 24.3 Å². The van der Waals surface area contributed by atoms with Gasteiger partial charge < -0.3 is 9.47 Å². The molecule has 0 saturated carbocycles. The molecule has 0 saturated heterocycles. The number of aryl methyl sites for hydroxylation is 1. The second kappa shape index (κ2) is 9.55. The highest BCUT2D eigenvalue weighted by Crippen LogP contribution is 2.19. The molecule has 0 amide bonds. The van der Waals surface area contributed by atoms with E-state index in [-0.39, 0.29) is 6.42 Å². The van der Waals surface area contributed by atoms with Crippen molar-refractivity contribution < 1.29 is 9.47 Å². The van der Waals surface area contributed by atoms with Gasteiger partial charge in [0.25, 0.3) is 0 Å². The van der Waals surface area contributed by atoms with Gasteiger partial charge in [-0.25, -0.2) is 14.6 Å². The fraction of sp³-hybridized carbons (Fsp3) is 0.167. The Bertz CT molecular complexity index is 1180. The van der Waals surface area contributed by atoms with E-state index in [4.69, 9.17) is 14.7 Å². The normalized spacial score (nSPS) is 10.5. The first-order valence-electron chi connectivity index (χ1n) is 9.85. The summed E-state index contributed by atoms with van der Waals surface area (Å²) in [6, 6.07) is 19.2. The van der Waals surface area contributed by atoms with E-state index >= 15 is 0 Å². The van der Waals surface area contributed by atoms with Crippen molar-refractivity contribution in [3.8, 4) is 23.5 Å². The van der Waals surface area contributed by atoms with Gasteiger partial charge in [0.15, 0.2) is 5.82 Å². The van der Waals surface area contributed by atoms with Crippen molar-refractivity contribution in [3.63, 3.8) is 0 Å². The van der Waals surface area contributed by atoms with Crippen molar-refractivity contribution in [2.24, 2.45) is 0 Å². The number of ether oxygens (including phenoxy) is 2. The summed E-state index contributed by atoms with van der Waals surface area (Å²) in [5.74, 6) is 2.02. The maximum atomic E-state index is 8.91. The molecule has 4 aromatic rings. The lowest BCUT2D eigenvalue weighted by atomic mass is 10.2. The first-order valence-corrected chi connectivity index (χ1v) is 9.85. The molecule has 0 radical (unpaired) electrons. The van der Waals surface area contributed by atoms with Crippen molar-refractivity contribution in [2.45, 2.75) is 26.6 Å². The van der Waals surface area contributed by atoms with Crippen molar-refractivity contribution >= 4 is 0 Å². The fourth-order valence-electron chi connectivity index (χ4n) is 3.01. The Balaban J connectivity index is 1.34. The first-order chi connectivity index (χ1) is 15.2. The van der Waals surface area contributed by atoms with Crippen molar-refractivity contribution in [2.75, 3.05) is 0 Å². The molecule has 0 aliphatic carbocycles. The third-order valence-corrected chi connectivity index (χ3v) is 4.70. The first kappa shape index (κ1) is 20.1. The number of nitriles is 1. The molecule has 31 heavy (non-hydrogen) atoms. The summed E-state index contributed by atoms with van der Waals surface area (Å²) < 4.78 is 13.5. The minimum Gasteiger partial charge on any atom is -0.489 e. The molecule has 4 rings (SSSR count). The summed E-state index contributed by atoms with van der Waals surface area (Å²) in [7, 11) is 0. The fourth-order valence-corrected chi connectivity index (χ4v) is 3.01. The monoisotopic (exact) mass is 411 g/mol. The van der Waals surface area contributed by atoms with E-state index in [9.17, 15) is 0 Å². The lowest BCUT2D eigenvalue weighted by Crippen LogP contribution is -2.01. The molecule has 0 fully saturated rings. The second-order valence-corrected chi connectivity index (χ2v) is 6.90. The van der Waals surface area contributed by atoms with Gasteiger partial charge in [0.2, 0.25) is 5.88 Å². The average Bonchev–Trinajstić information content (AvgIpc) is 3.19. The zero-order valence-electron chi connectivity index (χ0n) is 17.1. The quantitative estimate of drug-likeness (QED) is 0.432. The Labute approximate surface area is 180 Å². The van der Waals surface area contributed by atoms with E-state index in [1.807, 2.05) is 61.7 Å². The van der Waals surface area contributed by atoms with E-state index in [2.05, 4.69) is 21.1 Å². The Morgan fingerprint density at radius 2 is 1.74 bits per heavy atom. The summed E-state index contributed by atoms with van der Waals surface area (Å²) in [6.45, 7) is 2.74. The summed E-state index contributed by atoms with van der Waals surface area (Å²) in [4.78, 5) is 8.53. The number of hydrogen-bond donors (Lipinski definition) is 0. The van der Waals surface area contributed by atoms with Gasteiger partial charge in [0.1, 0.15) is 19.0 Å². The molecule has 7 heteroatoms. The van der Waals surface area contributed by atoms with Crippen LogP contribution in [0.2, 0.25) is 0 Å². The lowest BCUT2D eigenvalue weighted by molar-refractivity contribution is 0.289. The molecular formula is C24H21N5O2. The van der Waals surface area contributed by atoms with Gasteiger partial charge in [0, 0.05) is 29.7 Å². The van der Waals surface area contributed by atoms with Crippen LogP contribution in [-0.2, 0) is 19.6 Å². The molecule has 0 aliphatic heterocycles. The van der Waals surface area contributed by atoms with Crippen LogP contribution in [0.25, 0.3) is 5.82 Å². The Morgan fingerprint density at radius 1 is 0.903 bits per heavy atom. The molecule has 0 bridgehead atoms. The molecule has 0 unspecified atom stereocenters. The molecule has 0 atom stereocenters. The third-order valence-electron chi connectivity index (χ3n) is 4.70. The third kappa shape index (κ3) is 5.06. The number of aromatic nitrogens is 4. The Kier molecular flexibility index (Phi) is 6.19. The molecular weight excluding hydrogens is 390 g/mol. The van der Waals surface area contributed by atoms with E-state index in [1.165, 1.54) is 0 Å². The number of pyridine rings is 2. The van der Waals surface area contributed by atoms with Crippen LogP contribution in [-0.4, -0.2) is 19.7 Å². The lowest BCUT2D eigenvalue weighted by Gasteiger charge is -2.09. The van der Waals surface area contributed by atoms with Crippen LogP contribution in [0.15, 0.2) is 73.2 Å². The Morgan fingerprint density at radius 3 is 2.52 bits per heavy atom. The van der Waals surface area contributed by atoms with Crippen molar-refractivity contribution in [3.05, 3.63) is 95.6 Å². The van der Waals surface area contributed by atoms with Gasteiger partial charge in [-0.15, -0.1) is 0 Å². The SMILES string of the molecule is Cc1nn(-c2ccccn2)cc1COc1ccc(COc2ncccc2CC#N)cc1. The van der Waals surface area contributed by atoms with Gasteiger partial charge in [-0.2, -0.15) is 10.4 Å². The zero-order chi connectivity index (χ0) is 21.5. The summed E-state index contributed by atoms with van der Waals surface area (Å²) in [5.41, 5.74) is 3.67. The van der Waals surface area contributed by atoms with Crippen LogP contribution >= 0.6 is 0 Å². The van der Waals surface area contributed by atoms with Crippen LogP contribution in [0.3, 0.4) is 0 Å². The number of hydrogen-bond acceptors (Lipinski definition) is 6. The smallest absolute Gasteiger partial charge is 0.217 e. The van der Waals surface area contributed by atoms with E-state index in [0.717, 1.165) is 34.0 Å². The van der Waals surface area contributed by atoms with Gasteiger partial charge in [-0.3, -0.25) is 0 Å². The maximum absolute atomic E-state index is 8.91. The second-order valence-electron chi connectivity index (χ2n) is 6.90. The predicted octanol–water partition coefficient (Wildman–Crippen LogP) is 4.19. The zero-order valence-corrected chi connectivity index (χ0v) is 17.1.